The van der Waals surface area contributed by atoms with Crippen molar-refractivity contribution in [1.82, 2.24) is 10.2 Å². The smallest absolute Gasteiger partial charge is 0.255 e. The number of nitrogens with one attached hydrogen (secondary N) is 1. The molecule has 2 aliphatic rings. The minimum atomic E-state index is -0.296. The second kappa shape index (κ2) is 7.66. The van der Waals surface area contributed by atoms with Gasteiger partial charge in [0.15, 0.2) is 0 Å². The highest BCUT2D eigenvalue weighted by Gasteiger charge is 2.52. The van der Waals surface area contributed by atoms with E-state index in [4.69, 9.17) is 9.47 Å². The molecule has 142 valence electrons. The molecule has 1 aromatic rings. The van der Waals surface area contributed by atoms with E-state index in [-0.39, 0.29) is 35.9 Å². The largest absolute Gasteiger partial charge is 0.493 e. The number of amides is 2. The Labute approximate surface area is 154 Å². The van der Waals surface area contributed by atoms with Gasteiger partial charge >= 0.3 is 0 Å². The third kappa shape index (κ3) is 3.70. The highest BCUT2D eigenvalue weighted by Crippen LogP contribution is 2.42. The highest BCUT2D eigenvalue weighted by molar-refractivity contribution is 5.98. The maximum absolute atomic E-state index is 12.7. The van der Waals surface area contributed by atoms with Crippen LogP contribution in [0.1, 0.15) is 44.0 Å². The van der Waals surface area contributed by atoms with Gasteiger partial charge in [0.2, 0.25) is 5.91 Å². The number of rotatable bonds is 6. The van der Waals surface area contributed by atoms with Gasteiger partial charge in [-0.05, 0) is 31.9 Å². The normalized spacial score (nSPS) is 24.0. The minimum Gasteiger partial charge on any atom is -0.493 e. The Bertz CT molecular complexity index is 668. The monoisotopic (exact) mass is 360 g/mol. The van der Waals surface area contributed by atoms with Gasteiger partial charge in [-0.25, -0.2) is 0 Å². The molecule has 0 bridgehead atoms. The Morgan fingerprint density at radius 2 is 2.12 bits per heavy atom. The van der Waals surface area contributed by atoms with Gasteiger partial charge in [0, 0.05) is 18.6 Å². The van der Waals surface area contributed by atoms with Gasteiger partial charge in [-0.15, -0.1) is 0 Å². The number of para-hydroxylation sites is 1. The molecule has 0 saturated carbocycles. The van der Waals surface area contributed by atoms with E-state index in [0.717, 1.165) is 19.4 Å². The fourth-order valence-electron chi connectivity index (χ4n) is 4.03. The molecule has 1 N–H and O–H groups in total. The van der Waals surface area contributed by atoms with Crippen LogP contribution in [0.5, 0.6) is 5.75 Å². The number of benzene rings is 1. The Balaban J connectivity index is 1.59. The number of nitrogens with zero attached hydrogens (tertiary/aromatic N) is 1. The van der Waals surface area contributed by atoms with E-state index in [1.54, 1.807) is 18.2 Å². The third-order valence-electron chi connectivity index (χ3n) is 5.18. The number of hydrogen-bond donors (Lipinski definition) is 1. The van der Waals surface area contributed by atoms with Gasteiger partial charge in [-0.1, -0.05) is 26.0 Å². The highest BCUT2D eigenvalue weighted by atomic mass is 16.5. The van der Waals surface area contributed by atoms with Gasteiger partial charge < -0.3 is 19.7 Å². The fourth-order valence-corrected chi connectivity index (χ4v) is 4.03. The molecule has 0 aromatic heterocycles. The Kier molecular flexibility index (Phi) is 5.51. The summed E-state index contributed by atoms with van der Waals surface area (Å²) in [7, 11) is 0. The van der Waals surface area contributed by atoms with Crippen molar-refractivity contribution in [3.8, 4) is 5.75 Å². The second-order valence-electron chi connectivity index (χ2n) is 7.62. The molecule has 6 nitrogen and oxygen atoms in total. The molecule has 26 heavy (non-hydrogen) atoms. The summed E-state index contributed by atoms with van der Waals surface area (Å²) in [5.41, 5.74) is 0.498. The molecule has 2 fully saturated rings. The molecule has 2 saturated heterocycles. The van der Waals surface area contributed by atoms with Gasteiger partial charge in [-0.3, -0.25) is 9.59 Å². The van der Waals surface area contributed by atoms with Crippen LogP contribution in [0.3, 0.4) is 0 Å². The van der Waals surface area contributed by atoms with E-state index in [9.17, 15) is 9.59 Å². The lowest BCUT2D eigenvalue weighted by Crippen LogP contribution is -2.69. The van der Waals surface area contributed by atoms with Crippen LogP contribution in [0.15, 0.2) is 24.3 Å². The van der Waals surface area contributed by atoms with E-state index >= 15 is 0 Å². The van der Waals surface area contributed by atoms with Crippen molar-refractivity contribution in [2.45, 2.75) is 45.8 Å². The summed E-state index contributed by atoms with van der Waals surface area (Å²) < 4.78 is 11.3. The van der Waals surface area contributed by atoms with Crippen molar-refractivity contribution in [3.63, 3.8) is 0 Å². The van der Waals surface area contributed by atoms with Gasteiger partial charge in [0.25, 0.3) is 5.91 Å². The number of ether oxygens (including phenoxy) is 2. The average Bonchev–Trinajstić information content (AvgIpc) is 3.11. The van der Waals surface area contributed by atoms with E-state index < -0.39 is 0 Å². The number of hydrogen-bond acceptors (Lipinski definition) is 4. The molecule has 2 atom stereocenters. The predicted octanol–water partition coefficient (Wildman–Crippen LogP) is 2.23. The van der Waals surface area contributed by atoms with E-state index in [0.29, 0.717) is 24.5 Å². The molecule has 1 aromatic carbocycles. The van der Waals surface area contributed by atoms with Crippen LogP contribution in [0.2, 0.25) is 0 Å². The summed E-state index contributed by atoms with van der Waals surface area (Å²) >= 11 is 0. The van der Waals surface area contributed by atoms with Crippen molar-refractivity contribution in [3.05, 3.63) is 29.8 Å². The molecule has 6 heteroatoms. The number of carbonyl (C=O) groups is 2. The van der Waals surface area contributed by atoms with Crippen LogP contribution in [0.4, 0.5) is 0 Å². The first-order valence-electron chi connectivity index (χ1n) is 9.35. The zero-order valence-electron chi connectivity index (χ0n) is 15.8. The summed E-state index contributed by atoms with van der Waals surface area (Å²) in [6, 6.07) is 7.15. The zero-order chi connectivity index (χ0) is 18.7. The topological polar surface area (TPSA) is 67.9 Å². The summed E-state index contributed by atoms with van der Waals surface area (Å²) in [5.74, 6) is 0.171. The quantitative estimate of drug-likeness (QED) is 0.845. The van der Waals surface area contributed by atoms with Crippen LogP contribution >= 0.6 is 0 Å². The summed E-state index contributed by atoms with van der Waals surface area (Å²) in [4.78, 5) is 27.0. The first kappa shape index (κ1) is 18.7. The lowest BCUT2D eigenvalue weighted by Gasteiger charge is -2.56. The average molecular weight is 360 g/mol. The second-order valence-corrected chi connectivity index (χ2v) is 7.62. The first-order valence-corrected chi connectivity index (χ1v) is 9.35. The Morgan fingerprint density at radius 3 is 2.77 bits per heavy atom. The molecule has 2 unspecified atom stereocenters. The van der Waals surface area contributed by atoms with Gasteiger partial charge in [-0.2, -0.15) is 0 Å². The van der Waals surface area contributed by atoms with Crippen molar-refractivity contribution in [2.75, 3.05) is 26.3 Å². The lowest BCUT2D eigenvalue weighted by molar-refractivity contribution is -0.163. The minimum absolute atomic E-state index is 0.0153. The molecule has 0 radical (unpaired) electrons. The van der Waals surface area contributed by atoms with Crippen molar-refractivity contribution in [1.29, 1.82) is 0 Å². The predicted molar refractivity (Wildman–Crippen MR) is 98.2 cm³/mol. The van der Waals surface area contributed by atoms with Crippen LogP contribution in [-0.4, -0.2) is 55.2 Å². The Hall–Kier alpha value is -2.08. The van der Waals surface area contributed by atoms with Gasteiger partial charge in [0.05, 0.1) is 30.9 Å². The molecular weight excluding hydrogens is 332 g/mol. The van der Waals surface area contributed by atoms with Crippen LogP contribution in [-0.2, 0) is 9.53 Å². The van der Waals surface area contributed by atoms with Crippen LogP contribution in [0.25, 0.3) is 0 Å². The molecule has 3 rings (SSSR count). The molecular formula is C20H28N2O4. The van der Waals surface area contributed by atoms with Crippen LogP contribution in [0, 0.1) is 5.41 Å². The molecule has 2 aliphatic heterocycles. The molecule has 2 amide bonds. The first-order chi connectivity index (χ1) is 12.4. The number of carbonyl (C=O) groups excluding carboxylic acids is 2. The zero-order valence-corrected chi connectivity index (χ0v) is 15.8. The number of likely N-dealkylation sites (tertiary alicyclic amines) is 1. The molecule has 0 aliphatic carbocycles. The Morgan fingerprint density at radius 1 is 1.35 bits per heavy atom. The van der Waals surface area contributed by atoms with Crippen LogP contribution < -0.4 is 10.1 Å². The van der Waals surface area contributed by atoms with E-state index in [2.05, 4.69) is 19.2 Å². The third-order valence-corrected chi connectivity index (χ3v) is 5.18. The van der Waals surface area contributed by atoms with Crippen molar-refractivity contribution in [2.24, 2.45) is 5.41 Å². The van der Waals surface area contributed by atoms with E-state index in [1.165, 1.54) is 0 Å². The van der Waals surface area contributed by atoms with E-state index in [1.807, 2.05) is 17.9 Å². The van der Waals surface area contributed by atoms with Gasteiger partial charge in [0.1, 0.15) is 5.75 Å². The maximum atomic E-state index is 12.7. The SMILES string of the molecule is CCOc1ccccc1C(=O)NCC(=O)N1CC(C)(C)C1C1CCCO1. The summed E-state index contributed by atoms with van der Waals surface area (Å²) in [5, 5.41) is 2.73. The molecule has 0 spiro atoms. The molecule has 2 heterocycles. The fraction of sp³-hybridized carbons (Fsp3) is 0.600. The van der Waals surface area contributed by atoms with Crippen molar-refractivity contribution < 1.29 is 19.1 Å². The standard InChI is InChI=1S/C20H28N2O4/c1-4-25-15-9-6-5-8-14(15)19(24)21-12-17(23)22-13-20(2,3)18(22)16-10-7-11-26-16/h5-6,8-9,16,18H,4,7,10-13H2,1-3H3,(H,21,24). The van der Waals surface area contributed by atoms with Crippen molar-refractivity contribution >= 4 is 11.8 Å². The maximum Gasteiger partial charge on any atom is 0.255 e. The summed E-state index contributed by atoms with van der Waals surface area (Å²) in [6.07, 6.45) is 2.15. The lowest BCUT2D eigenvalue weighted by atomic mass is 9.71. The summed E-state index contributed by atoms with van der Waals surface area (Å²) in [6.45, 7) is 8.13.